The highest BCUT2D eigenvalue weighted by Gasteiger charge is 2.14. The first-order chi connectivity index (χ1) is 9.47. The van der Waals surface area contributed by atoms with Gasteiger partial charge in [-0.05, 0) is 46.3 Å². The second-order valence-corrected chi connectivity index (χ2v) is 6.21. The Balaban J connectivity index is 2.22. The van der Waals surface area contributed by atoms with Crippen LogP contribution in [0.15, 0.2) is 45.3 Å². The Morgan fingerprint density at radius 2 is 1.95 bits per heavy atom. The van der Waals surface area contributed by atoms with Crippen molar-refractivity contribution in [3.8, 4) is 0 Å². The van der Waals surface area contributed by atoms with Crippen molar-refractivity contribution in [1.29, 1.82) is 0 Å². The summed E-state index contributed by atoms with van der Waals surface area (Å²) in [5, 5.41) is 14.6. The molecule has 2 rings (SSSR count). The first-order valence-electron chi connectivity index (χ1n) is 5.59. The second kappa shape index (κ2) is 6.56. The summed E-state index contributed by atoms with van der Waals surface area (Å²) in [5.41, 5.74) is 1.44. The van der Waals surface area contributed by atoms with Gasteiger partial charge in [0.15, 0.2) is 0 Å². The van der Waals surface area contributed by atoms with Crippen molar-refractivity contribution in [2.45, 2.75) is 6.54 Å². The molecule has 104 valence electrons. The van der Waals surface area contributed by atoms with Crippen molar-refractivity contribution in [1.82, 2.24) is 0 Å². The molecule has 0 heterocycles. The van der Waals surface area contributed by atoms with E-state index in [1.165, 1.54) is 12.1 Å². The molecule has 1 N–H and O–H groups in total. The summed E-state index contributed by atoms with van der Waals surface area (Å²) in [6, 6.07) is 10.2. The molecule has 20 heavy (non-hydrogen) atoms. The van der Waals surface area contributed by atoms with Crippen LogP contribution in [0.3, 0.4) is 0 Å². The second-order valence-electron chi connectivity index (χ2n) is 4.01. The Bertz CT molecular complexity index is 665. The van der Waals surface area contributed by atoms with E-state index in [4.69, 9.17) is 11.6 Å². The van der Waals surface area contributed by atoms with E-state index in [9.17, 15) is 10.1 Å². The van der Waals surface area contributed by atoms with Crippen LogP contribution >= 0.6 is 43.5 Å². The number of benzene rings is 2. The average Bonchev–Trinajstić information content (AvgIpc) is 2.37. The monoisotopic (exact) mass is 418 g/mol. The third kappa shape index (κ3) is 3.71. The quantitative estimate of drug-likeness (QED) is 0.533. The number of nitro benzene ring substituents is 1. The van der Waals surface area contributed by atoms with Crippen LogP contribution in [0.1, 0.15) is 5.56 Å². The standard InChI is InChI=1S/C13H9Br2ClN2O2/c14-9-1-3-12(11(15)6-9)17-7-8-5-10(16)2-4-13(8)18(19)20/h1-6,17H,7H2. The summed E-state index contributed by atoms with van der Waals surface area (Å²) < 4.78 is 1.82. The van der Waals surface area contributed by atoms with Gasteiger partial charge in [0.2, 0.25) is 0 Å². The normalized spacial score (nSPS) is 10.3. The van der Waals surface area contributed by atoms with Gasteiger partial charge in [0.1, 0.15) is 0 Å². The van der Waals surface area contributed by atoms with Crippen LogP contribution in [-0.4, -0.2) is 4.92 Å². The summed E-state index contributed by atoms with van der Waals surface area (Å²) in [6.07, 6.45) is 0. The van der Waals surface area contributed by atoms with Crippen molar-refractivity contribution in [3.05, 3.63) is 66.0 Å². The van der Waals surface area contributed by atoms with Crippen molar-refractivity contribution < 1.29 is 4.92 Å². The van der Waals surface area contributed by atoms with Crippen molar-refractivity contribution in [2.24, 2.45) is 0 Å². The molecule has 0 aliphatic carbocycles. The molecule has 7 heteroatoms. The molecule has 0 saturated carbocycles. The van der Waals surface area contributed by atoms with Gasteiger partial charge in [0.05, 0.1) is 10.5 Å². The lowest BCUT2D eigenvalue weighted by Crippen LogP contribution is -2.03. The Kier molecular flexibility index (Phi) is 5.01. The fourth-order valence-corrected chi connectivity index (χ4v) is 3.08. The summed E-state index contributed by atoms with van der Waals surface area (Å²) in [4.78, 5) is 10.6. The van der Waals surface area contributed by atoms with Gasteiger partial charge in [-0.25, -0.2) is 0 Å². The molecule has 0 saturated heterocycles. The lowest BCUT2D eigenvalue weighted by Gasteiger charge is -2.09. The Morgan fingerprint density at radius 1 is 1.20 bits per heavy atom. The third-order valence-corrected chi connectivity index (χ3v) is 4.02. The van der Waals surface area contributed by atoms with Gasteiger partial charge in [0.25, 0.3) is 5.69 Å². The molecule has 0 spiro atoms. The van der Waals surface area contributed by atoms with E-state index in [-0.39, 0.29) is 5.69 Å². The predicted molar refractivity (Wildman–Crippen MR) is 87.3 cm³/mol. The van der Waals surface area contributed by atoms with Crippen LogP contribution in [0, 0.1) is 10.1 Å². The highest BCUT2D eigenvalue weighted by Crippen LogP contribution is 2.28. The van der Waals surface area contributed by atoms with E-state index in [1.54, 1.807) is 6.07 Å². The molecule has 0 aliphatic heterocycles. The van der Waals surface area contributed by atoms with Gasteiger partial charge in [0, 0.05) is 32.3 Å². The van der Waals surface area contributed by atoms with Crippen molar-refractivity contribution >= 4 is 54.8 Å². The van der Waals surface area contributed by atoms with Crippen molar-refractivity contribution in [2.75, 3.05) is 5.32 Å². The number of anilines is 1. The largest absolute Gasteiger partial charge is 0.380 e. The number of rotatable bonds is 4. The smallest absolute Gasteiger partial charge is 0.274 e. The maximum absolute atomic E-state index is 11.0. The maximum atomic E-state index is 11.0. The molecule has 0 bridgehead atoms. The van der Waals surface area contributed by atoms with E-state index >= 15 is 0 Å². The fourth-order valence-electron chi connectivity index (χ4n) is 1.70. The van der Waals surface area contributed by atoms with Gasteiger partial charge in [-0.15, -0.1) is 0 Å². The van der Waals surface area contributed by atoms with E-state index in [1.807, 2.05) is 18.2 Å². The number of nitrogens with zero attached hydrogens (tertiary/aromatic N) is 1. The molecular formula is C13H9Br2ClN2O2. The summed E-state index contributed by atoms with van der Waals surface area (Å²) in [7, 11) is 0. The topological polar surface area (TPSA) is 55.2 Å². The van der Waals surface area contributed by atoms with E-state index < -0.39 is 4.92 Å². The highest BCUT2D eigenvalue weighted by molar-refractivity contribution is 9.11. The summed E-state index contributed by atoms with van der Waals surface area (Å²) in [6.45, 7) is 0.317. The summed E-state index contributed by atoms with van der Waals surface area (Å²) in [5.74, 6) is 0. The van der Waals surface area contributed by atoms with E-state index in [0.717, 1.165) is 14.6 Å². The van der Waals surface area contributed by atoms with E-state index in [2.05, 4.69) is 37.2 Å². The molecule has 0 amide bonds. The minimum Gasteiger partial charge on any atom is -0.380 e. The minimum atomic E-state index is -0.413. The van der Waals surface area contributed by atoms with Gasteiger partial charge in [-0.3, -0.25) is 10.1 Å². The molecule has 0 aromatic heterocycles. The average molecular weight is 420 g/mol. The zero-order chi connectivity index (χ0) is 14.7. The molecule has 0 fully saturated rings. The predicted octanol–water partition coefficient (Wildman–Crippen LogP) is 5.39. The minimum absolute atomic E-state index is 0.0511. The molecule has 0 radical (unpaired) electrons. The molecule has 0 aliphatic rings. The zero-order valence-corrected chi connectivity index (χ0v) is 14.0. The molecule has 2 aromatic rings. The van der Waals surface area contributed by atoms with Crippen molar-refractivity contribution in [3.63, 3.8) is 0 Å². The van der Waals surface area contributed by atoms with Crippen LogP contribution in [0.4, 0.5) is 11.4 Å². The van der Waals surface area contributed by atoms with Gasteiger partial charge >= 0.3 is 0 Å². The Labute approximate surface area is 137 Å². The van der Waals surface area contributed by atoms with Gasteiger partial charge < -0.3 is 5.32 Å². The lowest BCUT2D eigenvalue weighted by atomic mass is 10.1. The van der Waals surface area contributed by atoms with E-state index in [0.29, 0.717) is 17.1 Å². The molecular weight excluding hydrogens is 411 g/mol. The molecule has 2 aromatic carbocycles. The van der Waals surface area contributed by atoms with Crippen LogP contribution < -0.4 is 5.32 Å². The lowest BCUT2D eigenvalue weighted by molar-refractivity contribution is -0.385. The number of halogens is 3. The maximum Gasteiger partial charge on any atom is 0.274 e. The Morgan fingerprint density at radius 3 is 2.60 bits per heavy atom. The first kappa shape index (κ1) is 15.3. The summed E-state index contributed by atoms with van der Waals surface area (Å²) >= 11 is 12.7. The molecule has 0 unspecified atom stereocenters. The SMILES string of the molecule is O=[N+]([O-])c1ccc(Cl)cc1CNc1ccc(Br)cc1Br. The Hall–Kier alpha value is -1.11. The van der Waals surface area contributed by atoms with Gasteiger partial charge in [-0.1, -0.05) is 27.5 Å². The van der Waals surface area contributed by atoms with Crippen LogP contribution in [0.2, 0.25) is 5.02 Å². The highest BCUT2D eigenvalue weighted by atomic mass is 79.9. The number of hydrogen-bond acceptors (Lipinski definition) is 3. The first-order valence-corrected chi connectivity index (χ1v) is 7.55. The van der Waals surface area contributed by atoms with Crippen LogP contribution in [0.25, 0.3) is 0 Å². The fraction of sp³-hybridized carbons (Fsp3) is 0.0769. The zero-order valence-electron chi connectivity index (χ0n) is 10.1. The third-order valence-electron chi connectivity index (χ3n) is 2.64. The molecule has 4 nitrogen and oxygen atoms in total. The van der Waals surface area contributed by atoms with Crippen LogP contribution in [0.5, 0.6) is 0 Å². The van der Waals surface area contributed by atoms with Gasteiger partial charge in [-0.2, -0.15) is 0 Å². The number of hydrogen-bond donors (Lipinski definition) is 1. The number of nitro groups is 1. The van der Waals surface area contributed by atoms with Crippen LogP contribution in [-0.2, 0) is 6.54 Å². The molecule has 0 atom stereocenters. The number of nitrogens with one attached hydrogen (secondary N) is 1.